The zero-order valence-corrected chi connectivity index (χ0v) is 16.2. The van der Waals surface area contributed by atoms with Crippen LogP contribution in [-0.2, 0) is 17.8 Å². The average molecular weight is 380 g/mol. The van der Waals surface area contributed by atoms with Gasteiger partial charge >= 0.3 is 0 Å². The molecule has 1 N–H and O–H groups in total. The Morgan fingerprint density at radius 2 is 1.89 bits per heavy atom. The van der Waals surface area contributed by atoms with Crippen LogP contribution in [-0.4, -0.2) is 49.1 Å². The Morgan fingerprint density at radius 1 is 1.14 bits per heavy atom. The molecule has 0 spiro atoms. The Labute approximate surface area is 164 Å². The van der Waals surface area contributed by atoms with E-state index in [9.17, 15) is 4.79 Å². The lowest BCUT2D eigenvalue weighted by molar-refractivity contribution is -0.917. The molecule has 0 atom stereocenters. The monoisotopic (exact) mass is 380 g/mol. The molecule has 3 aromatic rings. The predicted molar refractivity (Wildman–Crippen MR) is 106 cm³/mol. The number of fused-ring (bicyclic) bond motifs is 1. The summed E-state index contributed by atoms with van der Waals surface area (Å²) in [6.45, 7) is 4.53. The molecule has 0 unspecified atom stereocenters. The zero-order chi connectivity index (χ0) is 19.3. The molecule has 6 heteroatoms. The molecule has 28 heavy (non-hydrogen) atoms. The molecule has 1 aliphatic rings. The fourth-order valence-electron chi connectivity index (χ4n) is 3.68. The van der Waals surface area contributed by atoms with E-state index in [1.165, 1.54) is 10.5 Å². The lowest BCUT2D eigenvalue weighted by Crippen LogP contribution is -3.13. The molecule has 6 nitrogen and oxygen atoms in total. The van der Waals surface area contributed by atoms with Crippen molar-refractivity contribution < 1.29 is 18.8 Å². The number of hydrogen-bond acceptors (Lipinski definition) is 4. The van der Waals surface area contributed by atoms with Crippen LogP contribution in [0, 0.1) is 0 Å². The van der Waals surface area contributed by atoms with Crippen molar-refractivity contribution in [3.8, 4) is 5.75 Å². The second kappa shape index (κ2) is 8.44. The van der Waals surface area contributed by atoms with Gasteiger partial charge in [0, 0.05) is 18.4 Å². The molecule has 1 aromatic heterocycles. The van der Waals surface area contributed by atoms with E-state index in [4.69, 9.17) is 9.15 Å². The first-order valence-electron chi connectivity index (χ1n) is 9.80. The molecule has 2 aromatic carbocycles. The smallest absolute Gasteiger partial charge is 0.223 e. The minimum atomic E-state index is 0.186. The molecule has 1 amide bonds. The van der Waals surface area contributed by atoms with Crippen LogP contribution in [0.3, 0.4) is 0 Å². The summed E-state index contributed by atoms with van der Waals surface area (Å²) in [4.78, 5) is 20.5. The number of piperazine rings is 1. The van der Waals surface area contributed by atoms with Gasteiger partial charge in [0.1, 0.15) is 17.8 Å². The van der Waals surface area contributed by atoms with Gasteiger partial charge in [-0.3, -0.25) is 4.79 Å². The number of benzene rings is 2. The number of hydrogen-bond donors (Lipinski definition) is 1. The third-order valence-electron chi connectivity index (χ3n) is 5.33. The number of nitrogens with one attached hydrogen (secondary N) is 1. The summed E-state index contributed by atoms with van der Waals surface area (Å²) >= 11 is 0. The number of rotatable bonds is 6. The number of aromatic nitrogens is 1. The summed E-state index contributed by atoms with van der Waals surface area (Å²) in [5, 5.41) is 0. The second-order valence-electron chi connectivity index (χ2n) is 7.23. The summed E-state index contributed by atoms with van der Waals surface area (Å²) in [6, 6.07) is 15.9. The molecule has 1 saturated heterocycles. The number of nitrogens with zero attached hydrogens (tertiary/aromatic N) is 2. The maximum atomic E-state index is 12.6. The van der Waals surface area contributed by atoms with E-state index < -0.39 is 0 Å². The van der Waals surface area contributed by atoms with Gasteiger partial charge in [0.15, 0.2) is 11.5 Å². The van der Waals surface area contributed by atoms with Crippen LogP contribution in [0.5, 0.6) is 5.75 Å². The lowest BCUT2D eigenvalue weighted by Gasteiger charge is -2.32. The van der Waals surface area contributed by atoms with E-state index in [1.54, 1.807) is 7.11 Å². The number of amides is 1. The number of carbonyl (C=O) groups excluding carboxylic acids is 1. The van der Waals surface area contributed by atoms with Crippen molar-refractivity contribution in [1.82, 2.24) is 9.88 Å². The lowest BCUT2D eigenvalue weighted by atomic mass is 10.2. The van der Waals surface area contributed by atoms with Crippen LogP contribution in [0.4, 0.5) is 0 Å². The van der Waals surface area contributed by atoms with Crippen LogP contribution in [0.25, 0.3) is 11.1 Å². The standard InChI is InChI=1S/C22H25N3O3/c1-27-18-8-6-17(7-9-18)16-24-12-14-25(15-13-24)22(26)11-10-21-23-19-4-2-3-5-20(19)28-21/h2-9H,10-16H2,1H3/p+1. The summed E-state index contributed by atoms with van der Waals surface area (Å²) in [5.41, 5.74) is 2.92. The molecule has 0 bridgehead atoms. The SMILES string of the molecule is COc1ccc(C[NH+]2CCN(C(=O)CCc3nc4ccccc4o3)CC2)cc1. The number of carbonyl (C=O) groups is 1. The topological polar surface area (TPSA) is 60.0 Å². The Kier molecular flexibility index (Phi) is 5.58. The fourth-order valence-corrected chi connectivity index (χ4v) is 3.68. The summed E-state index contributed by atoms with van der Waals surface area (Å²) in [7, 11) is 1.68. The van der Waals surface area contributed by atoms with Crippen LogP contribution >= 0.6 is 0 Å². The average Bonchev–Trinajstić information content (AvgIpc) is 3.16. The van der Waals surface area contributed by atoms with Crippen molar-refractivity contribution >= 4 is 17.0 Å². The highest BCUT2D eigenvalue weighted by molar-refractivity contribution is 5.76. The highest BCUT2D eigenvalue weighted by Crippen LogP contribution is 2.16. The van der Waals surface area contributed by atoms with E-state index >= 15 is 0 Å². The van der Waals surface area contributed by atoms with Gasteiger partial charge in [-0.25, -0.2) is 4.98 Å². The molecule has 0 radical (unpaired) electrons. The molecule has 1 fully saturated rings. The normalized spacial score (nSPS) is 15.1. The van der Waals surface area contributed by atoms with E-state index in [-0.39, 0.29) is 5.91 Å². The van der Waals surface area contributed by atoms with Gasteiger partial charge in [-0.15, -0.1) is 0 Å². The van der Waals surface area contributed by atoms with E-state index in [0.29, 0.717) is 18.7 Å². The van der Waals surface area contributed by atoms with Gasteiger partial charge in [-0.2, -0.15) is 0 Å². The fraction of sp³-hybridized carbons (Fsp3) is 0.364. The number of ether oxygens (including phenoxy) is 1. The van der Waals surface area contributed by atoms with Crippen molar-refractivity contribution in [2.24, 2.45) is 0 Å². The number of aryl methyl sites for hydroxylation is 1. The molecular formula is C22H26N3O3+. The molecule has 146 valence electrons. The number of para-hydroxylation sites is 2. The maximum Gasteiger partial charge on any atom is 0.223 e. The van der Waals surface area contributed by atoms with Crippen molar-refractivity contribution in [2.45, 2.75) is 19.4 Å². The van der Waals surface area contributed by atoms with Crippen LogP contribution < -0.4 is 9.64 Å². The van der Waals surface area contributed by atoms with E-state index in [0.717, 1.165) is 49.6 Å². The summed E-state index contributed by atoms with van der Waals surface area (Å²) in [5.74, 6) is 1.71. The van der Waals surface area contributed by atoms with Crippen molar-refractivity contribution in [2.75, 3.05) is 33.3 Å². The Bertz CT molecular complexity index is 895. The highest BCUT2D eigenvalue weighted by Gasteiger charge is 2.24. The highest BCUT2D eigenvalue weighted by atomic mass is 16.5. The minimum Gasteiger partial charge on any atom is -0.497 e. The number of methoxy groups -OCH3 is 1. The van der Waals surface area contributed by atoms with E-state index in [1.807, 2.05) is 41.3 Å². The van der Waals surface area contributed by atoms with Crippen molar-refractivity contribution in [3.63, 3.8) is 0 Å². The second-order valence-corrected chi connectivity index (χ2v) is 7.23. The van der Waals surface area contributed by atoms with Gasteiger partial charge < -0.3 is 19.0 Å². The molecule has 0 saturated carbocycles. The first kappa shape index (κ1) is 18.5. The summed E-state index contributed by atoms with van der Waals surface area (Å²) < 4.78 is 10.9. The van der Waals surface area contributed by atoms with E-state index in [2.05, 4.69) is 17.1 Å². The number of quaternary nitrogens is 1. The zero-order valence-electron chi connectivity index (χ0n) is 16.2. The maximum absolute atomic E-state index is 12.6. The minimum absolute atomic E-state index is 0.186. The Hall–Kier alpha value is -2.86. The molecule has 4 rings (SSSR count). The molecule has 1 aliphatic heterocycles. The Morgan fingerprint density at radius 3 is 2.61 bits per heavy atom. The van der Waals surface area contributed by atoms with Crippen LogP contribution in [0.15, 0.2) is 52.9 Å². The van der Waals surface area contributed by atoms with Crippen LogP contribution in [0.1, 0.15) is 17.9 Å². The first-order valence-corrected chi connectivity index (χ1v) is 9.80. The molecule has 0 aliphatic carbocycles. The first-order chi connectivity index (χ1) is 13.7. The third-order valence-corrected chi connectivity index (χ3v) is 5.33. The summed E-state index contributed by atoms with van der Waals surface area (Å²) in [6.07, 6.45) is 0.993. The van der Waals surface area contributed by atoms with Crippen LogP contribution in [0.2, 0.25) is 0 Å². The number of oxazole rings is 1. The predicted octanol–water partition coefficient (Wildman–Crippen LogP) is 1.70. The third kappa shape index (κ3) is 4.34. The molecular weight excluding hydrogens is 354 g/mol. The van der Waals surface area contributed by atoms with Gasteiger partial charge in [0.25, 0.3) is 0 Å². The molecule has 2 heterocycles. The quantitative estimate of drug-likeness (QED) is 0.707. The van der Waals surface area contributed by atoms with Crippen molar-refractivity contribution in [1.29, 1.82) is 0 Å². The Balaban J connectivity index is 1.24. The van der Waals surface area contributed by atoms with Gasteiger partial charge in [-0.05, 0) is 36.4 Å². The van der Waals surface area contributed by atoms with Gasteiger partial charge in [0.2, 0.25) is 5.91 Å². The largest absolute Gasteiger partial charge is 0.497 e. The van der Waals surface area contributed by atoms with Gasteiger partial charge in [0.05, 0.1) is 33.3 Å². The van der Waals surface area contributed by atoms with Crippen molar-refractivity contribution in [3.05, 3.63) is 60.0 Å². The van der Waals surface area contributed by atoms with Gasteiger partial charge in [-0.1, -0.05) is 12.1 Å².